The van der Waals surface area contributed by atoms with E-state index in [9.17, 15) is 5.26 Å². The Hall–Kier alpha value is -8.92. The summed E-state index contributed by atoms with van der Waals surface area (Å²) in [7, 11) is 0. The Morgan fingerprint density at radius 1 is 0.361 bits per heavy atom. The lowest BCUT2D eigenvalue weighted by atomic mass is 9.96. The van der Waals surface area contributed by atoms with Crippen molar-refractivity contribution in [3.8, 4) is 73.1 Å². The van der Waals surface area contributed by atoms with Gasteiger partial charge >= 0.3 is 6.18 Å². The van der Waals surface area contributed by atoms with Crippen LogP contribution < -0.4 is 0 Å². The predicted molar refractivity (Wildman–Crippen MR) is 291 cm³/mol. The van der Waals surface area contributed by atoms with Crippen LogP contribution in [0.2, 0.25) is 0 Å². The molecule has 0 spiro atoms. The number of nitrogens with zero attached hydrogens (tertiary/aromatic N) is 3. The number of halogens is 3. The van der Waals surface area contributed by atoms with Crippen LogP contribution in [0.25, 0.3) is 111 Å². The van der Waals surface area contributed by atoms with Gasteiger partial charge in [-0.1, -0.05) is 162 Å². The molecule has 0 N–H and O–H groups in total. The van der Waals surface area contributed by atoms with Gasteiger partial charge < -0.3 is 9.13 Å². The standard InChI is InChI=1S/C66H46F3N3/c1-40-10-5-15-45(30-40)49-20-25-59-55(35-49)56-36-50(46-16-6-11-41(2)31-46)21-26-60(56)71(59)63-29-24-54(53-19-9-14-44(34-53)39-70)65(64(63)66(67,68)69)72-61-27-22-51(47-17-7-12-42(3)32-47)37-57(61)58-38-52(23-28-62(58)72)48-18-8-13-43(4)33-48/h5-38H,1-4H3. The van der Waals surface area contributed by atoms with E-state index >= 15 is 13.2 Å². The van der Waals surface area contributed by atoms with Crippen LogP contribution in [-0.4, -0.2) is 9.13 Å². The van der Waals surface area contributed by atoms with E-state index in [2.05, 4.69) is 131 Å². The number of hydrogen-bond donors (Lipinski definition) is 0. The Balaban J connectivity index is 1.21. The van der Waals surface area contributed by atoms with Gasteiger partial charge in [0, 0.05) is 27.1 Å². The van der Waals surface area contributed by atoms with Crippen molar-refractivity contribution < 1.29 is 13.2 Å². The maximum Gasteiger partial charge on any atom is 0.420 e. The van der Waals surface area contributed by atoms with E-state index in [0.29, 0.717) is 38.8 Å². The maximum atomic E-state index is 17.1. The number of alkyl halides is 3. The van der Waals surface area contributed by atoms with Gasteiger partial charge in [-0.05, 0) is 144 Å². The molecule has 0 atom stereocenters. The topological polar surface area (TPSA) is 33.6 Å². The zero-order valence-corrected chi connectivity index (χ0v) is 40.1. The van der Waals surface area contributed by atoms with Crippen molar-refractivity contribution in [3.05, 3.63) is 240 Å². The smallest absolute Gasteiger partial charge is 0.309 e. The lowest BCUT2D eigenvalue weighted by Gasteiger charge is -2.24. The van der Waals surface area contributed by atoms with Crippen LogP contribution in [0.15, 0.2) is 206 Å². The lowest BCUT2D eigenvalue weighted by molar-refractivity contribution is -0.137. The summed E-state index contributed by atoms with van der Waals surface area (Å²) >= 11 is 0. The van der Waals surface area contributed by atoms with Gasteiger partial charge in [0.25, 0.3) is 0 Å². The summed E-state index contributed by atoms with van der Waals surface area (Å²) in [6.07, 6.45) is -4.88. The molecule has 12 rings (SSSR count). The fourth-order valence-electron chi connectivity index (χ4n) is 10.8. The maximum absolute atomic E-state index is 17.1. The Bertz CT molecular complexity index is 4010. The average molecular weight is 938 g/mol. The summed E-state index contributed by atoms with van der Waals surface area (Å²) in [5, 5.41) is 13.5. The molecule has 10 aromatic carbocycles. The number of nitriles is 1. The van der Waals surface area contributed by atoms with Crippen LogP contribution in [0.4, 0.5) is 13.2 Å². The van der Waals surface area contributed by atoms with Crippen LogP contribution in [0, 0.1) is 39.0 Å². The molecule has 0 bridgehead atoms. The summed E-state index contributed by atoms with van der Waals surface area (Å²) < 4.78 is 55.1. The van der Waals surface area contributed by atoms with E-state index in [4.69, 9.17) is 0 Å². The SMILES string of the molecule is Cc1cccc(-c2ccc3c(c2)c2cc(-c4cccc(C)c4)ccc2n3-c2ccc(-c3cccc(C#N)c3)c(-n3c4ccc(-c5cccc(C)c5)cc4c4cc(-c5cccc(C)c5)ccc43)c2C(F)(F)F)c1. The number of rotatable bonds is 7. The molecule has 0 aliphatic rings. The van der Waals surface area contributed by atoms with Gasteiger partial charge in [-0.2, -0.15) is 18.4 Å². The van der Waals surface area contributed by atoms with Crippen molar-refractivity contribution in [3.63, 3.8) is 0 Å². The minimum atomic E-state index is -4.88. The highest BCUT2D eigenvalue weighted by Crippen LogP contribution is 2.49. The third-order valence-corrected chi connectivity index (χ3v) is 14.1. The second kappa shape index (κ2) is 17.2. The van der Waals surface area contributed by atoms with Crippen molar-refractivity contribution in [2.75, 3.05) is 0 Å². The average Bonchev–Trinajstić information content (AvgIpc) is 3.89. The molecule has 0 aliphatic heterocycles. The monoisotopic (exact) mass is 937 g/mol. The first-order chi connectivity index (χ1) is 34.9. The van der Waals surface area contributed by atoms with Gasteiger partial charge in [0.05, 0.1) is 45.1 Å². The normalized spacial score (nSPS) is 11.8. The largest absolute Gasteiger partial charge is 0.420 e. The Morgan fingerprint density at radius 2 is 0.708 bits per heavy atom. The van der Waals surface area contributed by atoms with Gasteiger partial charge in [0.1, 0.15) is 5.56 Å². The van der Waals surface area contributed by atoms with E-state index in [0.717, 1.165) is 88.3 Å². The van der Waals surface area contributed by atoms with Gasteiger partial charge in [0.15, 0.2) is 0 Å². The van der Waals surface area contributed by atoms with Crippen molar-refractivity contribution >= 4 is 43.6 Å². The highest BCUT2D eigenvalue weighted by Gasteiger charge is 2.40. The number of hydrogen-bond acceptors (Lipinski definition) is 1. The Labute approximate surface area is 415 Å². The molecule has 0 aliphatic carbocycles. The summed E-state index contributed by atoms with van der Waals surface area (Å²) in [5.41, 5.74) is 15.3. The molecule has 2 heterocycles. The van der Waals surface area contributed by atoms with Crippen LogP contribution >= 0.6 is 0 Å². The Morgan fingerprint density at radius 3 is 1.07 bits per heavy atom. The summed E-state index contributed by atoms with van der Waals surface area (Å²) in [6.45, 7) is 8.23. The molecular formula is C66H46F3N3. The van der Waals surface area contributed by atoms with Crippen molar-refractivity contribution in [1.29, 1.82) is 5.26 Å². The summed E-state index contributed by atoms with van der Waals surface area (Å²) in [5.74, 6) is 0. The predicted octanol–water partition coefficient (Wildman–Crippen LogP) is 18.3. The molecule has 346 valence electrons. The van der Waals surface area contributed by atoms with E-state index in [-0.39, 0.29) is 11.4 Å². The van der Waals surface area contributed by atoms with Crippen LogP contribution in [0.1, 0.15) is 33.4 Å². The molecule has 0 fully saturated rings. The number of aryl methyl sites for hydroxylation is 4. The molecule has 12 aromatic rings. The first-order valence-corrected chi connectivity index (χ1v) is 24.1. The minimum absolute atomic E-state index is 0.00735. The molecule has 0 radical (unpaired) electrons. The second-order valence-corrected chi connectivity index (χ2v) is 19.1. The van der Waals surface area contributed by atoms with Gasteiger partial charge in [-0.3, -0.25) is 0 Å². The van der Waals surface area contributed by atoms with Crippen LogP contribution in [-0.2, 0) is 6.18 Å². The lowest BCUT2D eigenvalue weighted by Crippen LogP contribution is -2.17. The first kappa shape index (κ1) is 44.3. The minimum Gasteiger partial charge on any atom is -0.309 e. The number of aromatic nitrogens is 2. The third-order valence-electron chi connectivity index (χ3n) is 14.1. The molecule has 0 saturated heterocycles. The van der Waals surface area contributed by atoms with Gasteiger partial charge in [-0.25, -0.2) is 0 Å². The summed E-state index contributed by atoms with van der Waals surface area (Å²) in [6, 6.07) is 70.0. The summed E-state index contributed by atoms with van der Waals surface area (Å²) in [4.78, 5) is 0. The molecule has 3 nitrogen and oxygen atoms in total. The Kier molecular flexibility index (Phi) is 10.6. The molecule has 0 saturated carbocycles. The highest BCUT2D eigenvalue weighted by molar-refractivity contribution is 6.14. The fourth-order valence-corrected chi connectivity index (χ4v) is 10.8. The fraction of sp³-hybridized carbons (Fsp3) is 0.0758. The van der Waals surface area contributed by atoms with E-state index in [1.807, 2.05) is 77.4 Å². The molecule has 6 heteroatoms. The highest BCUT2D eigenvalue weighted by atomic mass is 19.4. The molecule has 0 unspecified atom stereocenters. The van der Waals surface area contributed by atoms with Crippen LogP contribution in [0.3, 0.4) is 0 Å². The van der Waals surface area contributed by atoms with E-state index in [1.165, 1.54) is 0 Å². The van der Waals surface area contributed by atoms with Crippen molar-refractivity contribution in [2.24, 2.45) is 0 Å². The van der Waals surface area contributed by atoms with Crippen LogP contribution in [0.5, 0.6) is 0 Å². The second-order valence-electron chi connectivity index (χ2n) is 19.1. The molecule has 72 heavy (non-hydrogen) atoms. The number of benzene rings is 10. The van der Waals surface area contributed by atoms with Crippen molar-refractivity contribution in [1.82, 2.24) is 9.13 Å². The third kappa shape index (κ3) is 7.62. The molecule has 2 aromatic heterocycles. The zero-order valence-electron chi connectivity index (χ0n) is 40.1. The zero-order chi connectivity index (χ0) is 49.4. The quantitative estimate of drug-likeness (QED) is 0.157. The van der Waals surface area contributed by atoms with Gasteiger partial charge in [-0.15, -0.1) is 0 Å². The molecular weight excluding hydrogens is 892 g/mol. The molecule has 0 amide bonds. The van der Waals surface area contributed by atoms with E-state index < -0.39 is 11.7 Å². The van der Waals surface area contributed by atoms with Gasteiger partial charge in [0.2, 0.25) is 0 Å². The van der Waals surface area contributed by atoms with E-state index in [1.54, 1.807) is 41.0 Å². The first-order valence-electron chi connectivity index (χ1n) is 24.1. The van der Waals surface area contributed by atoms with Crippen molar-refractivity contribution in [2.45, 2.75) is 33.9 Å². The number of fused-ring (bicyclic) bond motifs is 6.